The van der Waals surface area contributed by atoms with E-state index < -0.39 is 0 Å². The van der Waals surface area contributed by atoms with Crippen LogP contribution in [-0.4, -0.2) is 13.1 Å². The molecule has 2 N–H and O–H groups in total. The Labute approximate surface area is 96.0 Å². The van der Waals surface area contributed by atoms with E-state index in [1.807, 2.05) is 31.2 Å². The van der Waals surface area contributed by atoms with Gasteiger partial charge in [0.1, 0.15) is 0 Å². The molecular weight excluding hydrogens is 214 g/mol. The molecule has 0 amide bonds. The lowest BCUT2D eigenvalue weighted by Crippen LogP contribution is -2.16. The van der Waals surface area contributed by atoms with Crippen molar-refractivity contribution in [3.05, 3.63) is 35.4 Å². The fraction of sp³-hybridized carbons (Fsp3) is 0.364. The SMILES string of the molecule is COC(=O)C[C@@H](N)c1cccc(C)c1.Cl. The minimum Gasteiger partial charge on any atom is -0.469 e. The summed E-state index contributed by atoms with van der Waals surface area (Å²) in [6.45, 7) is 1.99. The van der Waals surface area contributed by atoms with Crippen molar-refractivity contribution in [3.8, 4) is 0 Å². The number of methoxy groups -OCH3 is 1. The molecule has 0 heterocycles. The fourth-order valence-electron chi connectivity index (χ4n) is 1.28. The molecule has 1 rings (SSSR count). The molecule has 0 spiro atoms. The van der Waals surface area contributed by atoms with Gasteiger partial charge in [0.2, 0.25) is 0 Å². The molecule has 84 valence electrons. The van der Waals surface area contributed by atoms with Gasteiger partial charge in [0.15, 0.2) is 0 Å². The second-order valence-corrected chi connectivity index (χ2v) is 3.30. The molecule has 0 aromatic heterocycles. The van der Waals surface area contributed by atoms with Gasteiger partial charge in [0.25, 0.3) is 0 Å². The molecule has 0 bridgehead atoms. The van der Waals surface area contributed by atoms with Gasteiger partial charge in [-0.05, 0) is 12.5 Å². The Morgan fingerprint density at radius 1 is 1.53 bits per heavy atom. The van der Waals surface area contributed by atoms with Crippen LogP contribution in [0, 0.1) is 6.92 Å². The summed E-state index contributed by atoms with van der Waals surface area (Å²) in [4.78, 5) is 11.0. The van der Waals surface area contributed by atoms with Crippen molar-refractivity contribution < 1.29 is 9.53 Å². The van der Waals surface area contributed by atoms with E-state index in [0.717, 1.165) is 11.1 Å². The van der Waals surface area contributed by atoms with Crippen LogP contribution >= 0.6 is 12.4 Å². The Hall–Kier alpha value is -1.06. The lowest BCUT2D eigenvalue weighted by molar-refractivity contribution is -0.141. The first-order valence-corrected chi connectivity index (χ1v) is 4.52. The van der Waals surface area contributed by atoms with Crippen LogP contribution in [0.15, 0.2) is 24.3 Å². The van der Waals surface area contributed by atoms with Crippen LogP contribution in [0.3, 0.4) is 0 Å². The number of benzene rings is 1. The summed E-state index contributed by atoms with van der Waals surface area (Å²) in [7, 11) is 1.37. The molecule has 4 heteroatoms. The third-order valence-corrected chi connectivity index (χ3v) is 2.08. The molecule has 0 aliphatic heterocycles. The van der Waals surface area contributed by atoms with E-state index in [4.69, 9.17) is 5.73 Å². The molecule has 1 atom stereocenters. The molecule has 0 saturated carbocycles. The second kappa shape index (κ2) is 6.43. The Kier molecular flexibility index (Phi) is 5.97. The molecule has 1 aromatic rings. The molecular formula is C11H16ClNO2. The average molecular weight is 230 g/mol. The normalized spacial score (nSPS) is 11.4. The zero-order valence-corrected chi connectivity index (χ0v) is 9.71. The third-order valence-electron chi connectivity index (χ3n) is 2.08. The average Bonchev–Trinajstić information content (AvgIpc) is 2.17. The van der Waals surface area contributed by atoms with Crippen LogP contribution in [-0.2, 0) is 9.53 Å². The summed E-state index contributed by atoms with van der Waals surface area (Å²) < 4.78 is 4.55. The van der Waals surface area contributed by atoms with Crippen LogP contribution in [0.2, 0.25) is 0 Å². The summed E-state index contributed by atoms with van der Waals surface area (Å²) in [6.07, 6.45) is 0.222. The highest BCUT2D eigenvalue weighted by atomic mass is 35.5. The lowest BCUT2D eigenvalue weighted by atomic mass is 10.0. The standard InChI is InChI=1S/C11H15NO2.ClH/c1-8-4-3-5-9(6-8)10(12)7-11(13)14-2;/h3-6,10H,7,12H2,1-2H3;1H/t10-;/m1./s1. The number of rotatable bonds is 3. The van der Waals surface area contributed by atoms with E-state index in [1.165, 1.54) is 7.11 Å². The molecule has 0 unspecified atom stereocenters. The lowest BCUT2D eigenvalue weighted by Gasteiger charge is -2.10. The highest BCUT2D eigenvalue weighted by Crippen LogP contribution is 2.15. The first-order chi connectivity index (χ1) is 6.63. The Bertz CT molecular complexity index is 328. The summed E-state index contributed by atoms with van der Waals surface area (Å²) in [6, 6.07) is 7.55. The van der Waals surface area contributed by atoms with Gasteiger partial charge < -0.3 is 10.5 Å². The van der Waals surface area contributed by atoms with Crippen molar-refractivity contribution in [2.24, 2.45) is 5.73 Å². The molecule has 3 nitrogen and oxygen atoms in total. The van der Waals surface area contributed by atoms with Crippen LogP contribution in [0.5, 0.6) is 0 Å². The second-order valence-electron chi connectivity index (χ2n) is 3.30. The number of carbonyl (C=O) groups is 1. The summed E-state index contributed by atoms with van der Waals surface area (Å²) in [5.74, 6) is -0.279. The largest absolute Gasteiger partial charge is 0.469 e. The van der Waals surface area contributed by atoms with E-state index in [9.17, 15) is 4.79 Å². The van der Waals surface area contributed by atoms with Gasteiger partial charge >= 0.3 is 5.97 Å². The van der Waals surface area contributed by atoms with Crippen molar-refractivity contribution in [1.29, 1.82) is 0 Å². The van der Waals surface area contributed by atoms with Gasteiger partial charge in [0.05, 0.1) is 13.5 Å². The van der Waals surface area contributed by atoms with Crippen molar-refractivity contribution >= 4 is 18.4 Å². The van der Waals surface area contributed by atoms with E-state index >= 15 is 0 Å². The number of carbonyl (C=O) groups excluding carboxylic acids is 1. The number of halogens is 1. The van der Waals surface area contributed by atoms with Gasteiger partial charge in [-0.25, -0.2) is 0 Å². The Balaban J connectivity index is 0.00000196. The highest BCUT2D eigenvalue weighted by Gasteiger charge is 2.11. The van der Waals surface area contributed by atoms with Crippen LogP contribution < -0.4 is 5.73 Å². The molecule has 0 radical (unpaired) electrons. The van der Waals surface area contributed by atoms with Gasteiger partial charge in [-0.1, -0.05) is 29.8 Å². The number of ether oxygens (including phenoxy) is 1. The monoisotopic (exact) mass is 229 g/mol. The smallest absolute Gasteiger partial charge is 0.307 e. The quantitative estimate of drug-likeness (QED) is 0.807. The molecule has 0 saturated heterocycles. The fourth-order valence-corrected chi connectivity index (χ4v) is 1.28. The number of aryl methyl sites for hydroxylation is 1. The summed E-state index contributed by atoms with van der Waals surface area (Å²) >= 11 is 0. The van der Waals surface area contributed by atoms with Gasteiger partial charge in [-0.2, -0.15) is 0 Å². The zero-order chi connectivity index (χ0) is 10.6. The Morgan fingerprint density at radius 3 is 2.73 bits per heavy atom. The number of hydrogen-bond donors (Lipinski definition) is 1. The molecule has 0 aliphatic carbocycles. The molecule has 0 fully saturated rings. The molecule has 1 aromatic carbocycles. The Morgan fingerprint density at radius 2 is 2.20 bits per heavy atom. The minimum atomic E-state index is -0.279. The topological polar surface area (TPSA) is 52.3 Å². The molecule has 15 heavy (non-hydrogen) atoms. The van der Waals surface area contributed by atoms with E-state index in [0.29, 0.717) is 0 Å². The summed E-state index contributed by atoms with van der Waals surface area (Å²) in [5, 5.41) is 0. The maximum Gasteiger partial charge on any atom is 0.307 e. The first kappa shape index (κ1) is 13.9. The van der Waals surface area contributed by atoms with E-state index in [1.54, 1.807) is 0 Å². The van der Waals surface area contributed by atoms with Crippen molar-refractivity contribution in [3.63, 3.8) is 0 Å². The van der Waals surface area contributed by atoms with Crippen LogP contribution in [0.1, 0.15) is 23.6 Å². The predicted octanol–water partition coefficient (Wildman–Crippen LogP) is 1.98. The van der Waals surface area contributed by atoms with Gasteiger partial charge in [0, 0.05) is 6.04 Å². The third kappa shape index (κ3) is 4.32. The van der Waals surface area contributed by atoms with Crippen LogP contribution in [0.4, 0.5) is 0 Å². The maximum absolute atomic E-state index is 11.0. The van der Waals surface area contributed by atoms with Crippen molar-refractivity contribution in [2.45, 2.75) is 19.4 Å². The number of nitrogens with two attached hydrogens (primary N) is 1. The minimum absolute atomic E-state index is 0. The van der Waals surface area contributed by atoms with Crippen molar-refractivity contribution in [1.82, 2.24) is 0 Å². The van der Waals surface area contributed by atoms with Crippen LogP contribution in [0.25, 0.3) is 0 Å². The highest BCUT2D eigenvalue weighted by molar-refractivity contribution is 5.85. The maximum atomic E-state index is 11.0. The first-order valence-electron chi connectivity index (χ1n) is 4.52. The number of esters is 1. The number of hydrogen-bond acceptors (Lipinski definition) is 3. The van der Waals surface area contributed by atoms with Gasteiger partial charge in [-0.15, -0.1) is 12.4 Å². The summed E-state index contributed by atoms with van der Waals surface area (Å²) in [5.41, 5.74) is 7.95. The van der Waals surface area contributed by atoms with Crippen molar-refractivity contribution in [2.75, 3.05) is 7.11 Å². The van der Waals surface area contributed by atoms with Gasteiger partial charge in [-0.3, -0.25) is 4.79 Å². The zero-order valence-electron chi connectivity index (χ0n) is 8.90. The van der Waals surface area contributed by atoms with E-state index in [-0.39, 0.29) is 30.8 Å². The predicted molar refractivity (Wildman–Crippen MR) is 62.0 cm³/mol. The van der Waals surface area contributed by atoms with E-state index in [2.05, 4.69) is 4.74 Å². The molecule has 0 aliphatic rings.